The lowest BCUT2D eigenvalue weighted by molar-refractivity contribution is -0.384. The van der Waals surface area contributed by atoms with E-state index in [1.165, 1.54) is 0 Å². The van der Waals surface area contributed by atoms with Gasteiger partial charge in [0.05, 0.1) is 11.0 Å². The van der Waals surface area contributed by atoms with Crippen LogP contribution in [0, 0.1) is 10.1 Å². The Morgan fingerprint density at radius 2 is 2.53 bits per heavy atom. The lowest BCUT2D eigenvalue weighted by atomic mass is 10.2. The van der Waals surface area contributed by atoms with Crippen molar-refractivity contribution in [1.82, 2.24) is 9.97 Å². The molecular weight excluding hydrogens is 248 g/mol. The fourth-order valence-corrected chi connectivity index (χ4v) is 1.77. The Bertz CT molecular complexity index is 423. The Morgan fingerprint density at radius 3 is 3.18 bits per heavy atom. The number of nitrogens with one attached hydrogen (secondary N) is 1. The van der Waals surface area contributed by atoms with Crippen LogP contribution in [0.4, 0.5) is 11.5 Å². The molecule has 1 atom stereocenters. The van der Waals surface area contributed by atoms with E-state index in [-0.39, 0.29) is 22.9 Å². The van der Waals surface area contributed by atoms with Crippen LogP contribution >= 0.6 is 11.6 Å². The van der Waals surface area contributed by atoms with Gasteiger partial charge in [0.1, 0.15) is 6.20 Å². The third-order valence-electron chi connectivity index (χ3n) is 2.46. The lowest BCUT2D eigenvalue weighted by Gasteiger charge is -2.10. The number of hydrogen-bond donors (Lipinski definition) is 1. The average Bonchev–Trinajstić information content (AvgIpc) is 2.78. The van der Waals surface area contributed by atoms with Crippen molar-refractivity contribution in [3.05, 3.63) is 21.6 Å². The zero-order chi connectivity index (χ0) is 12.3. The molecular formula is C9H11ClN4O3. The van der Waals surface area contributed by atoms with Crippen LogP contribution in [0.3, 0.4) is 0 Å². The maximum absolute atomic E-state index is 10.7. The molecule has 0 radical (unpaired) electrons. The molecule has 1 aliphatic heterocycles. The van der Waals surface area contributed by atoms with Crippen molar-refractivity contribution in [1.29, 1.82) is 0 Å². The molecule has 1 unspecified atom stereocenters. The van der Waals surface area contributed by atoms with E-state index in [9.17, 15) is 10.1 Å². The highest BCUT2D eigenvalue weighted by molar-refractivity contribution is 6.28. The summed E-state index contributed by atoms with van der Waals surface area (Å²) in [6.45, 7) is 1.22. The number of ether oxygens (including phenoxy) is 1. The number of aromatic nitrogens is 2. The smallest absolute Gasteiger partial charge is 0.329 e. The van der Waals surface area contributed by atoms with Gasteiger partial charge >= 0.3 is 5.69 Å². The second kappa shape index (κ2) is 5.24. The number of nitrogens with zero attached hydrogens (tertiary/aromatic N) is 3. The van der Waals surface area contributed by atoms with Crippen LogP contribution in [0.25, 0.3) is 0 Å². The van der Waals surface area contributed by atoms with Gasteiger partial charge in [-0.25, -0.2) is 4.98 Å². The SMILES string of the molecule is O=[N+]([O-])c1cnc(Cl)nc1NCC1CCCO1. The van der Waals surface area contributed by atoms with Crippen LogP contribution in [0.5, 0.6) is 0 Å². The molecule has 0 bridgehead atoms. The molecule has 0 aromatic carbocycles. The third kappa shape index (κ3) is 3.01. The van der Waals surface area contributed by atoms with Crippen molar-refractivity contribution >= 4 is 23.1 Å². The number of halogens is 1. The maximum Gasteiger partial charge on any atom is 0.329 e. The quantitative estimate of drug-likeness (QED) is 0.501. The van der Waals surface area contributed by atoms with Gasteiger partial charge in [-0.1, -0.05) is 0 Å². The fraction of sp³-hybridized carbons (Fsp3) is 0.556. The Labute approximate surface area is 102 Å². The van der Waals surface area contributed by atoms with Gasteiger partial charge in [0, 0.05) is 13.2 Å². The molecule has 0 spiro atoms. The molecule has 0 saturated carbocycles. The van der Waals surface area contributed by atoms with Crippen molar-refractivity contribution in [2.24, 2.45) is 0 Å². The van der Waals surface area contributed by atoms with Crippen LogP contribution in [-0.4, -0.2) is 34.1 Å². The van der Waals surface area contributed by atoms with Gasteiger partial charge in [0.25, 0.3) is 0 Å². The van der Waals surface area contributed by atoms with Crippen molar-refractivity contribution in [2.45, 2.75) is 18.9 Å². The lowest BCUT2D eigenvalue weighted by Crippen LogP contribution is -2.19. The standard InChI is InChI=1S/C9H11ClN4O3/c10-9-12-5-7(14(15)16)8(13-9)11-4-6-2-1-3-17-6/h5-6H,1-4H2,(H,11,12,13). The molecule has 92 valence electrons. The van der Waals surface area contributed by atoms with Gasteiger partial charge in [-0.2, -0.15) is 4.98 Å². The Morgan fingerprint density at radius 1 is 1.71 bits per heavy atom. The highest BCUT2D eigenvalue weighted by atomic mass is 35.5. The maximum atomic E-state index is 10.7. The summed E-state index contributed by atoms with van der Waals surface area (Å²) in [5, 5.41) is 13.6. The first-order valence-corrected chi connectivity index (χ1v) is 5.57. The number of rotatable bonds is 4. The van der Waals surface area contributed by atoms with Gasteiger partial charge in [-0.05, 0) is 24.4 Å². The fourth-order valence-electron chi connectivity index (χ4n) is 1.63. The zero-order valence-electron chi connectivity index (χ0n) is 8.93. The molecule has 2 heterocycles. The normalized spacial score (nSPS) is 19.2. The van der Waals surface area contributed by atoms with E-state index in [1.807, 2.05) is 0 Å². The largest absolute Gasteiger partial charge is 0.376 e. The minimum atomic E-state index is -0.547. The first-order chi connectivity index (χ1) is 8.16. The summed E-state index contributed by atoms with van der Waals surface area (Å²) in [5.74, 6) is 0.130. The average molecular weight is 259 g/mol. The molecule has 1 N–H and O–H groups in total. The summed E-state index contributed by atoms with van der Waals surface area (Å²) >= 11 is 5.60. The van der Waals surface area contributed by atoms with E-state index in [4.69, 9.17) is 16.3 Å². The number of anilines is 1. The minimum Gasteiger partial charge on any atom is -0.376 e. The highest BCUT2D eigenvalue weighted by Gasteiger charge is 2.20. The summed E-state index contributed by atoms with van der Waals surface area (Å²) in [6.07, 6.45) is 3.12. The van der Waals surface area contributed by atoms with Crippen molar-refractivity contribution in [3.63, 3.8) is 0 Å². The minimum absolute atomic E-state index is 0.0227. The zero-order valence-corrected chi connectivity index (χ0v) is 9.68. The van der Waals surface area contributed by atoms with Gasteiger partial charge in [0.2, 0.25) is 11.1 Å². The van der Waals surface area contributed by atoms with Gasteiger partial charge < -0.3 is 10.1 Å². The monoisotopic (exact) mass is 258 g/mol. The Hall–Kier alpha value is -1.47. The molecule has 2 rings (SSSR count). The van der Waals surface area contributed by atoms with E-state index in [0.717, 1.165) is 25.6 Å². The van der Waals surface area contributed by atoms with Crippen LogP contribution in [0.1, 0.15) is 12.8 Å². The molecule has 7 nitrogen and oxygen atoms in total. The summed E-state index contributed by atoms with van der Waals surface area (Å²) in [5.41, 5.74) is -0.188. The van der Waals surface area contributed by atoms with Crippen LogP contribution < -0.4 is 5.32 Å². The molecule has 1 aliphatic rings. The summed E-state index contributed by atoms with van der Waals surface area (Å²) in [6, 6.07) is 0. The van der Waals surface area contributed by atoms with Crippen LogP contribution in [0.2, 0.25) is 5.28 Å². The number of nitro groups is 1. The van der Waals surface area contributed by atoms with Crippen LogP contribution in [0.15, 0.2) is 6.20 Å². The molecule has 1 saturated heterocycles. The van der Waals surface area contributed by atoms with E-state index in [0.29, 0.717) is 6.54 Å². The number of hydrogen-bond acceptors (Lipinski definition) is 6. The summed E-state index contributed by atoms with van der Waals surface area (Å²) in [4.78, 5) is 17.6. The van der Waals surface area contributed by atoms with E-state index in [1.54, 1.807) is 0 Å². The van der Waals surface area contributed by atoms with E-state index in [2.05, 4.69) is 15.3 Å². The molecule has 1 aromatic rings. The van der Waals surface area contributed by atoms with Crippen molar-refractivity contribution in [2.75, 3.05) is 18.5 Å². The predicted octanol–water partition coefficient (Wildman–Crippen LogP) is 1.63. The van der Waals surface area contributed by atoms with Crippen molar-refractivity contribution in [3.8, 4) is 0 Å². The first kappa shape index (κ1) is 12.0. The van der Waals surface area contributed by atoms with E-state index < -0.39 is 4.92 Å². The Balaban J connectivity index is 2.07. The molecule has 1 aromatic heterocycles. The Kier molecular flexibility index (Phi) is 3.70. The summed E-state index contributed by atoms with van der Waals surface area (Å²) < 4.78 is 5.40. The summed E-state index contributed by atoms with van der Waals surface area (Å²) in [7, 11) is 0. The van der Waals surface area contributed by atoms with Crippen molar-refractivity contribution < 1.29 is 9.66 Å². The molecule has 0 aliphatic carbocycles. The second-order valence-corrected chi connectivity index (χ2v) is 3.98. The molecule has 17 heavy (non-hydrogen) atoms. The van der Waals surface area contributed by atoms with E-state index >= 15 is 0 Å². The topological polar surface area (TPSA) is 90.2 Å². The molecule has 0 amide bonds. The third-order valence-corrected chi connectivity index (χ3v) is 2.64. The van der Waals surface area contributed by atoms with Gasteiger partial charge in [-0.3, -0.25) is 10.1 Å². The second-order valence-electron chi connectivity index (χ2n) is 3.65. The van der Waals surface area contributed by atoms with Crippen LogP contribution in [-0.2, 0) is 4.74 Å². The van der Waals surface area contributed by atoms with Gasteiger partial charge in [0.15, 0.2) is 0 Å². The predicted molar refractivity (Wildman–Crippen MR) is 61.2 cm³/mol. The molecule has 1 fully saturated rings. The first-order valence-electron chi connectivity index (χ1n) is 5.19. The highest BCUT2D eigenvalue weighted by Crippen LogP contribution is 2.22. The van der Waals surface area contributed by atoms with Gasteiger partial charge in [-0.15, -0.1) is 0 Å². The molecule has 8 heteroatoms.